The second-order valence-corrected chi connectivity index (χ2v) is 7.26. The van der Waals surface area contributed by atoms with Crippen LogP contribution in [0.1, 0.15) is 32.3 Å². The van der Waals surface area contributed by atoms with Crippen LogP contribution in [0, 0.1) is 10.1 Å². The molecule has 1 saturated heterocycles. The van der Waals surface area contributed by atoms with Gasteiger partial charge in [0.05, 0.1) is 6.42 Å². The maximum atomic E-state index is 12.4. The zero-order valence-electron chi connectivity index (χ0n) is 16.4. The summed E-state index contributed by atoms with van der Waals surface area (Å²) in [4.78, 5) is 29.0. The van der Waals surface area contributed by atoms with Crippen molar-refractivity contribution < 1.29 is 24.6 Å². The third-order valence-corrected chi connectivity index (χ3v) is 4.51. The Morgan fingerprint density at radius 2 is 1.96 bits per heavy atom. The minimum Gasteiger partial charge on any atom is -0.491 e. The number of piperidine rings is 1. The van der Waals surface area contributed by atoms with Gasteiger partial charge in [-0.25, -0.2) is 0 Å². The zero-order valence-corrected chi connectivity index (χ0v) is 16.4. The first-order chi connectivity index (χ1) is 13.3. The van der Waals surface area contributed by atoms with Crippen LogP contribution in [0.25, 0.3) is 0 Å². The summed E-state index contributed by atoms with van der Waals surface area (Å²) in [7, 11) is 0. The summed E-state index contributed by atoms with van der Waals surface area (Å²) in [6.07, 6.45) is 0.176. The predicted octanol–water partition coefficient (Wildman–Crippen LogP) is 1.17. The highest BCUT2D eigenvalue weighted by molar-refractivity contribution is 5.78. The third-order valence-electron chi connectivity index (χ3n) is 4.51. The Labute approximate surface area is 164 Å². The summed E-state index contributed by atoms with van der Waals surface area (Å²) < 4.78 is 5.57. The van der Waals surface area contributed by atoms with Gasteiger partial charge in [-0.1, -0.05) is 26.0 Å². The van der Waals surface area contributed by atoms with E-state index in [0.29, 0.717) is 44.3 Å². The van der Waals surface area contributed by atoms with Crippen molar-refractivity contribution in [3.63, 3.8) is 0 Å². The number of ether oxygens (including phenoxy) is 1. The van der Waals surface area contributed by atoms with Crippen molar-refractivity contribution in [2.45, 2.75) is 51.4 Å². The molecule has 1 aromatic carbocycles. The molecule has 9 nitrogen and oxygen atoms in total. The lowest BCUT2D eigenvalue weighted by molar-refractivity contribution is -0.769. The number of aliphatic hydroxyl groups excluding tert-OH is 1. The predicted molar refractivity (Wildman–Crippen MR) is 102 cm³/mol. The average Bonchev–Trinajstić information content (AvgIpc) is 2.66. The largest absolute Gasteiger partial charge is 0.491 e. The fraction of sp³-hybridized carbons (Fsp3) is 0.632. The fourth-order valence-corrected chi connectivity index (χ4v) is 2.95. The quantitative estimate of drug-likeness (QED) is 0.451. The van der Waals surface area contributed by atoms with Gasteiger partial charge in [0.1, 0.15) is 24.6 Å². The molecule has 1 aliphatic heterocycles. The van der Waals surface area contributed by atoms with Gasteiger partial charge in [-0.15, -0.1) is 10.1 Å². The van der Waals surface area contributed by atoms with E-state index in [9.17, 15) is 20.0 Å². The Balaban J connectivity index is 1.73. The second kappa shape index (κ2) is 10.8. The Morgan fingerprint density at radius 1 is 1.32 bits per heavy atom. The summed E-state index contributed by atoms with van der Waals surface area (Å²) in [5.74, 6) is 0.626. The van der Waals surface area contributed by atoms with Gasteiger partial charge in [-0.2, -0.15) is 0 Å². The molecule has 0 bridgehead atoms. The molecule has 0 saturated carbocycles. The van der Waals surface area contributed by atoms with E-state index in [4.69, 9.17) is 4.74 Å². The monoisotopic (exact) mass is 395 g/mol. The van der Waals surface area contributed by atoms with Gasteiger partial charge in [0.25, 0.3) is 5.09 Å². The summed E-state index contributed by atoms with van der Waals surface area (Å²) in [6.45, 7) is 5.60. The molecule has 1 aromatic rings. The lowest BCUT2D eigenvalue weighted by atomic mass is 10.1. The molecule has 1 heterocycles. The number of benzene rings is 1. The number of hydrogen-bond donors (Lipinski definition) is 2. The Kier molecular flexibility index (Phi) is 8.46. The molecule has 156 valence electrons. The molecule has 1 atom stereocenters. The van der Waals surface area contributed by atoms with E-state index < -0.39 is 17.3 Å². The standard InChI is InChI=1S/C19H29N3O6/c1-14(2)20-12-16(23)13-27-17-5-3-15(4-6-17)11-19(24)21-9-7-18(8-10-21)28-22(25)26/h3-6,14,16,18,20,23H,7-13H2,1-2H3. The number of carbonyl (C=O) groups is 1. The van der Waals surface area contributed by atoms with Gasteiger partial charge >= 0.3 is 0 Å². The van der Waals surface area contributed by atoms with E-state index in [1.807, 2.05) is 26.0 Å². The summed E-state index contributed by atoms with van der Waals surface area (Å²) in [5, 5.41) is 22.6. The molecular weight excluding hydrogens is 366 g/mol. The van der Waals surface area contributed by atoms with E-state index in [0.717, 1.165) is 5.56 Å². The van der Waals surface area contributed by atoms with Crippen LogP contribution in [0.4, 0.5) is 0 Å². The first-order valence-electron chi connectivity index (χ1n) is 9.55. The Morgan fingerprint density at radius 3 is 2.54 bits per heavy atom. The lowest BCUT2D eigenvalue weighted by Gasteiger charge is -2.30. The molecule has 2 N–H and O–H groups in total. The molecule has 9 heteroatoms. The van der Waals surface area contributed by atoms with Crippen LogP contribution in [0.3, 0.4) is 0 Å². The Bertz CT molecular complexity index is 629. The van der Waals surface area contributed by atoms with Crippen molar-refractivity contribution >= 4 is 5.91 Å². The second-order valence-electron chi connectivity index (χ2n) is 7.26. The molecule has 0 aromatic heterocycles. The lowest BCUT2D eigenvalue weighted by Crippen LogP contribution is -2.42. The number of aliphatic hydroxyl groups is 1. The van der Waals surface area contributed by atoms with Crippen molar-refractivity contribution in [1.29, 1.82) is 0 Å². The van der Waals surface area contributed by atoms with Crippen LogP contribution >= 0.6 is 0 Å². The first kappa shape index (κ1) is 21.9. The molecule has 1 aliphatic rings. The topological polar surface area (TPSA) is 114 Å². The smallest absolute Gasteiger partial charge is 0.294 e. The third kappa shape index (κ3) is 7.69. The SMILES string of the molecule is CC(C)NCC(O)COc1ccc(CC(=O)N2CCC(O[N+](=O)[O-])CC2)cc1. The number of carbonyl (C=O) groups excluding carboxylic acids is 1. The highest BCUT2D eigenvalue weighted by Crippen LogP contribution is 2.17. The summed E-state index contributed by atoms with van der Waals surface area (Å²) in [6, 6.07) is 7.52. The molecule has 1 amide bonds. The molecule has 1 fully saturated rings. The molecule has 28 heavy (non-hydrogen) atoms. The van der Waals surface area contributed by atoms with Crippen LogP contribution in [-0.4, -0.2) is 65.5 Å². The molecule has 0 aliphatic carbocycles. The highest BCUT2D eigenvalue weighted by Gasteiger charge is 2.24. The van der Waals surface area contributed by atoms with Crippen molar-refractivity contribution in [2.75, 3.05) is 26.2 Å². The van der Waals surface area contributed by atoms with Gasteiger partial charge in [0.2, 0.25) is 5.91 Å². The molecule has 2 rings (SSSR count). The van der Waals surface area contributed by atoms with Crippen LogP contribution in [-0.2, 0) is 16.1 Å². The van der Waals surface area contributed by atoms with E-state index >= 15 is 0 Å². The summed E-state index contributed by atoms with van der Waals surface area (Å²) >= 11 is 0. The van der Waals surface area contributed by atoms with Gasteiger partial charge in [0, 0.05) is 25.7 Å². The summed E-state index contributed by atoms with van der Waals surface area (Å²) in [5.41, 5.74) is 0.864. The van der Waals surface area contributed by atoms with Crippen molar-refractivity contribution in [1.82, 2.24) is 10.2 Å². The molecule has 0 radical (unpaired) electrons. The van der Waals surface area contributed by atoms with Crippen molar-refractivity contribution in [3.05, 3.63) is 39.9 Å². The zero-order chi connectivity index (χ0) is 20.5. The van der Waals surface area contributed by atoms with Crippen molar-refractivity contribution in [3.8, 4) is 5.75 Å². The van der Waals surface area contributed by atoms with Gasteiger partial charge in [0.15, 0.2) is 0 Å². The van der Waals surface area contributed by atoms with E-state index in [1.54, 1.807) is 17.0 Å². The van der Waals surface area contributed by atoms with Crippen LogP contribution < -0.4 is 10.1 Å². The maximum absolute atomic E-state index is 12.4. The average molecular weight is 395 g/mol. The highest BCUT2D eigenvalue weighted by atomic mass is 17.0. The molecular formula is C19H29N3O6. The minimum atomic E-state index is -0.772. The number of nitrogens with one attached hydrogen (secondary N) is 1. The van der Waals surface area contributed by atoms with Gasteiger partial charge in [-0.3, -0.25) is 4.79 Å². The number of nitrogens with zero attached hydrogens (tertiary/aromatic N) is 2. The molecule has 0 spiro atoms. The van der Waals surface area contributed by atoms with E-state index in [2.05, 4.69) is 10.2 Å². The minimum absolute atomic E-state index is 0.0107. The van der Waals surface area contributed by atoms with Gasteiger partial charge < -0.3 is 24.9 Å². The van der Waals surface area contributed by atoms with Crippen LogP contribution in [0.5, 0.6) is 5.75 Å². The number of rotatable bonds is 10. The van der Waals surface area contributed by atoms with Gasteiger partial charge in [-0.05, 0) is 30.5 Å². The van der Waals surface area contributed by atoms with Crippen molar-refractivity contribution in [2.24, 2.45) is 0 Å². The first-order valence-corrected chi connectivity index (χ1v) is 9.55. The molecule has 1 unspecified atom stereocenters. The fourth-order valence-electron chi connectivity index (χ4n) is 2.95. The number of amides is 1. The van der Waals surface area contributed by atoms with Crippen LogP contribution in [0.15, 0.2) is 24.3 Å². The van der Waals surface area contributed by atoms with E-state index in [-0.39, 0.29) is 18.9 Å². The number of hydrogen-bond acceptors (Lipinski definition) is 7. The van der Waals surface area contributed by atoms with E-state index in [1.165, 1.54) is 0 Å². The van der Waals surface area contributed by atoms with Crippen LogP contribution in [0.2, 0.25) is 0 Å². The normalized spacial score (nSPS) is 16.1. The maximum Gasteiger partial charge on any atom is 0.294 e. The Hall–Kier alpha value is -2.39. The number of likely N-dealkylation sites (tertiary alicyclic amines) is 1.